The summed E-state index contributed by atoms with van der Waals surface area (Å²) in [6.45, 7) is 1.45. The predicted molar refractivity (Wildman–Crippen MR) is 62.3 cm³/mol. The van der Waals surface area contributed by atoms with Gasteiger partial charge in [0.05, 0.1) is 13.3 Å². The summed E-state index contributed by atoms with van der Waals surface area (Å²) < 4.78 is 10.5. The van der Waals surface area contributed by atoms with Gasteiger partial charge in [0.1, 0.15) is 5.75 Å². The van der Waals surface area contributed by atoms with Crippen molar-refractivity contribution < 1.29 is 13.9 Å². The molecule has 4 heteroatoms. The molecule has 2 rings (SSSR count). The lowest BCUT2D eigenvalue weighted by Gasteiger charge is -2.01. The molecule has 0 amide bonds. The van der Waals surface area contributed by atoms with Crippen LogP contribution in [0.1, 0.15) is 28.9 Å². The fourth-order valence-corrected chi connectivity index (χ4v) is 1.51. The summed E-state index contributed by atoms with van der Waals surface area (Å²) in [6, 6.07) is 7.65. The van der Waals surface area contributed by atoms with E-state index in [1.165, 1.54) is 13.1 Å². The van der Waals surface area contributed by atoms with Gasteiger partial charge in [0, 0.05) is 13.3 Å². The van der Waals surface area contributed by atoms with Crippen molar-refractivity contribution in [1.29, 1.82) is 0 Å². The lowest BCUT2D eigenvalue weighted by atomic mass is 10.1. The summed E-state index contributed by atoms with van der Waals surface area (Å²) >= 11 is 0. The first-order valence-corrected chi connectivity index (χ1v) is 5.27. The van der Waals surface area contributed by atoms with Gasteiger partial charge in [0.2, 0.25) is 0 Å². The van der Waals surface area contributed by atoms with Crippen LogP contribution in [-0.2, 0) is 6.42 Å². The Balaban J connectivity index is 2.16. The van der Waals surface area contributed by atoms with Crippen molar-refractivity contribution in [2.24, 2.45) is 0 Å². The van der Waals surface area contributed by atoms with E-state index in [9.17, 15) is 4.79 Å². The molecule has 4 nitrogen and oxygen atoms in total. The highest BCUT2D eigenvalue weighted by Gasteiger charge is 2.08. The standard InChI is InChI=1S/C13H13NO3/c1-9(15)12-8-14-13(17-12)7-10-4-3-5-11(6-10)16-2/h3-6,8H,7H2,1-2H3. The minimum Gasteiger partial charge on any atom is -0.497 e. The predicted octanol–water partition coefficient (Wildman–Crippen LogP) is 2.48. The minimum absolute atomic E-state index is 0.116. The van der Waals surface area contributed by atoms with Crippen LogP contribution in [0.5, 0.6) is 5.75 Å². The molecule has 0 atom stereocenters. The number of ether oxygens (including phenoxy) is 1. The van der Waals surface area contributed by atoms with Crippen LogP contribution in [0.4, 0.5) is 0 Å². The highest BCUT2D eigenvalue weighted by atomic mass is 16.5. The number of hydrogen-bond donors (Lipinski definition) is 0. The van der Waals surface area contributed by atoms with Crippen molar-refractivity contribution in [3.05, 3.63) is 47.7 Å². The number of carbonyl (C=O) groups is 1. The number of ketones is 1. The molecule has 0 saturated carbocycles. The molecule has 1 aromatic heterocycles. The van der Waals surface area contributed by atoms with E-state index in [2.05, 4.69) is 4.98 Å². The van der Waals surface area contributed by atoms with Crippen molar-refractivity contribution >= 4 is 5.78 Å². The monoisotopic (exact) mass is 231 g/mol. The number of benzene rings is 1. The van der Waals surface area contributed by atoms with E-state index in [4.69, 9.17) is 9.15 Å². The Hall–Kier alpha value is -2.10. The first-order valence-electron chi connectivity index (χ1n) is 5.27. The van der Waals surface area contributed by atoms with Crippen LogP contribution in [0.2, 0.25) is 0 Å². The van der Waals surface area contributed by atoms with Crippen molar-refractivity contribution in [3.8, 4) is 5.75 Å². The molecule has 0 spiro atoms. The lowest BCUT2D eigenvalue weighted by Crippen LogP contribution is -1.90. The summed E-state index contributed by atoms with van der Waals surface area (Å²) in [4.78, 5) is 15.1. The third-order valence-electron chi connectivity index (χ3n) is 2.39. The van der Waals surface area contributed by atoms with E-state index < -0.39 is 0 Å². The Bertz CT molecular complexity index is 531. The number of oxazole rings is 1. The maximum atomic E-state index is 11.1. The molecule has 0 saturated heterocycles. The molecule has 0 fully saturated rings. The van der Waals surface area contributed by atoms with Gasteiger partial charge < -0.3 is 9.15 Å². The Morgan fingerprint density at radius 1 is 1.47 bits per heavy atom. The zero-order chi connectivity index (χ0) is 12.3. The van der Waals surface area contributed by atoms with Crippen LogP contribution in [0.15, 0.2) is 34.9 Å². The quantitative estimate of drug-likeness (QED) is 0.758. The Morgan fingerprint density at radius 2 is 2.29 bits per heavy atom. The Labute approximate surface area is 99.2 Å². The second-order valence-corrected chi connectivity index (χ2v) is 3.70. The normalized spacial score (nSPS) is 10.2. The Morgan fingerprint density at radius 3 is 2.94 bits per heavy atom. The fourth-order valence-electron chi connectivity index (χ4n) is 1.51. The number of methoxy groups -OCH3 is 1. The van der Waals surface area contributed by atoms with Gasteiger partial charge in [-0.15, -0.1) is 0 Å². The van der Waals surface area contributed by atoms with Crippen molar-refractivity contribution in [2.75, 3.05) is 7.11 Å². The molecule has 0 unspecified atom stereocenters. The number of nitrogens with zero attached hydrogens (tertiary/aromatic N) is 1. The van der Waals surface area contributed by atoms with E-state index in [-0.39, 0.29) is 5.78 Å². The van der Waals surface area contributed by atoms with E-state index in [1.807, 2.05) is 24.3 Å². The zero-order valence-electron chi connectivity index (χ0n) is 9.77. The van der Waals surface area contributed by atoms with Gasteiger partial charge in [-0.1, -0.05) is 12.1 Å². The van der Waals surface area contributed by atoms with Gasteiger partial charge in [-0.2, -0.15) is 0 Å². The summed E-state index contributed by atoms with van der Waals surface area (Å²) in [5.41, 5.74) is 1.03. The second kappa shape index (κ2) is 4.82. The second-order valence-electron chi connectivity index (χ2n) is 3.70. The maximum Gasteiger partial charge on any atom is 0.199 e. The van der Waals surface area contributed by atoms with E-state index in [1.54, 1.807) is 7.11 Å². The molecule has 0 aliphatic rings. The number of rotatable bonds is 4. The Kier molecular flexibility index (Phi) is 3.23. The molecule has 17 heavy (non-hydrogen) atoms. The number of Topliss-reactive ketones (excluding diaryl/α,β-unsaturated/α-hetero) is 1. The van der Waals surface area contributed by atoms with Crippen LogP contribution < -0.4 is 4.74 Å². The fraction of sp³-hybridized carbons (Fsp3) is 0.231. The molecule has 1 heterocycles. The van der Waals surface area contributed by atoms with Crippen LogP contribution in [0.25, 0.3) is 0 Å². The molecule has 2 aromatic rings. The first-order chi connectivity index (χ1) is 8.19. The molecular weight excluding hydrogens is 218 g/mol. The third kappa shape index (κ3) is 2.72. The maximum absolute atomic E-state index is 11.1. The number of carbonyl (C=O) groups excluding carboxylic acids is 1. The van der Waals surface area contributed by atoms with Crippen LogP contribution in [0, 0.1) is 0 Å². The molecule has 0 aliphatic heterocycles. The van der Waals surface area contributed by atoms with E-state index >= 15 is 0 Å². The average molecular weight is 231 g/mol. The topological polar surface area (TPSA) is 52.3 Å². The van der Waals surface area contributed by atoms with E-state index in [0.29, 0.717) is 18.1 Å². The van der Waals surface area contributed by atoms with Gasteiger partial charge in [-0.25, -0.2) is 4.98 Å². The SMILES string of the molecule is COc1cccc(Cc2ncc(C(C)=O)o2)c1. The first kappa shape index (κ1) is 11.4. The summed E-state index contributed by atoms with van der Waals surface area (Å²) in [7, 11) is 1.62. The van der Waals surface area contributed by atoms with Crippen LogP contribution >= 0.6 is 0 Å². The molecule has 88 valence electrons. The van der Waals surface area contributed by atoms with Gasteiger partial charge in [0.25, 0.3) is 0 Å². The van der Waals surface area contributed by atoms with Crippen molar-refractivity contribution in [1.82, 2.24) is 4.98 Å². The zero-order valence-corrected chi connectivity index (χ0v) is 9.77. The van der Waals surface area contributed by atoms with Crippen LogP contribution in [0.3, 0.4) is 0 Å². The molecule has 0 radical (unpaired) electrons. The smallest absolute Gasteiger partial charge is 0.199 e. The van der Waals surface area contributed by atoms with Gasteiger partial charge >= 0.3 is 0 Å². The van der Waals surface area contributed by atoms with Gasteiger partial charge in [-0.05, 0) is 17.7 Å². The van der Waals surface area contributed by atoms with Gasteiger partial charge in [-0.3, -0.25) is 4.79 Å². The number of hydrogen-bond acceptors (Lipinski definition) is 4. The van der Waals surface area contributed by atoms with E-state index in [0.717, 1.165) is 11.3 Å². The lowest BCUT2D eigenvalue weighted by molar-refractivity contribution is 0.0985. The summed E-state index contributed by atoms with van der Waals surface area (Å²) in [6.07, 6.45) is 2.00. The molecular formula is C13H13NO3. The molecule has 0 N–H and O–H groups in total. The van der Waals surface area contributed by atoms with Crippen molar-refractivity contribution in [3.63, 3.8) is 0 Å². The average Bonchev–Trinajstić information content (AvgIpc) is 2.78. The summed E-state index contributed by atoms with van der Waals surface area (Å²) in [5, 5.41) is 0. The largest absolute Gasteiger partial charge is 0.497 e. The highest BCUT2D eigenvalue weighted by molar-refractivity contribution is 5.90. The van der Waals surface area contributed by atoms with Crippen molar-refractivity contribution in [2.45, 2.75) is 13.3 Å². The molecule has 0 aliphatic carbocycles. The highest BCUT2D eigenvalue weighted by Crippen LogP contribution is 2.16. The molecule has 0 bridgehead atoms. The molecule has 1 aromatic carbocycles. The third-order valence-corrected chi connectivity index (χ3v) is 2.39. The van der Waals surface area contributed by atoms with Gasteiger partial charge in [0.15, 0.2) is 17.4 Å². The number of aromatic nitrogens is 1. The van der Waals surface area contributed by atoms with Crippen LogP contribution in [-0.4, -0.2) is 17.9 Å². The minimum atomic E-state index is -0.116. The summed E-state index contributed by atoms with van der Waals surface area (Å²) in [5.74, 6) is 1.50.